The molecule has 2 heterocycles. The average Bonchev–Trinajstić information content (AvgIpc) is 2.78. The zero-order valence-electron chi connectivity index (χ0n) is 11.3. The van der Waals surface area contributed by atoms with Crippen LogP contribution < -0.4 is 0 Å². The van der Waals surface area contributed by atoms with Crippen LogP contribution in [0.4, 0.5) is 8.78 Å². The van der Waals surface area contributed by atoms with Gasteiger partial charge in [-0.15, -0.1) is 11.3 Å². The maximum atomic E-state index is 13.8. The molecule has 1 aromatic heterocycles. The molecule has 1 unspecified atom stereocenters. The number of aliphatic carboxylic acids is 1. The number of rotatable bonds is 4. The standard InChI is InChI=1S/C11H11BrClF2NO5S2/c12-6-4-7(13)22-8(6)23(20,21)16-3-1-2-10(19,5-16)11(14,15)9(17)18/h4,19H,1-3,5H2,(H,17,18). The fraction of sp³-hybridized carbons (Fsp3) is 0.545. The predicted molar refractivity (Wildman–Crippen MR) is 82.6 cm³/mol. The van der Waals surface area contributed by atoms with E-state index in [1.807, 2.05) is 0 Å². The van der Waals surface area contributed by atoms with Crippen molar-refractivity contribution in [3.05, 3.63) is 14.9 Å². The zero-order chi connectivity index (χ0) is 17.6. The molecule has 1 fully saturated rings. The number of hydrogen-bond acceptors (Lipinski definition) is 5. The third-order valence-electron chi connectivity index (χ3n) is 3.49. The Balaban J connectivity index is 2.38. The number of nitrogens with zero attached hydrogens (tertiary/aromatic N) is 1. The summed E-state index contributed by atoms with van der Waals surface area (Å²) in [7, 11) is -4.19. The number of carboxylic acid groups (broad SMARTS) is 1. The van der Waals surface area contributed by atoms with Crippen LogP contribution in [-0.4, -0.2) is 53.5 Å². The summed E-state index contributed by atoms with van der Waals surface area (Å²) >= 11 is 9.50. The molecule has 0 amide bonds. The third kappa shape index (κ3) is 3.27. The summed E-state index contributed by atoms with van der Waals surface area (Å²) in [5, 5.41) is 18.7. The van der Waals surface area contributed by atoms with Crippen LogP contribution in [0.3, 0.4) is 0 Å². The highest BCUT2D eigenvalue weighted by atomic mass is 79.9. The normalized spacial score (nSPS) is 23.9. The average molecular weight is 455 g/mol. The van der Waals surface area contributed by atoms with Gasteiger partial charge in [0.15, 0.2) is 9.81 Å². The Morgan fingerprint density at radius 3 is 2.61 bits per heavy atom. The number of sulfonamides is 1. The van der Waals surface area contributed by atoms with E-state index in [1.54, 1.807) is 0 Å². The second kappa shape index (κ2) is 6.19. The van der Waals surface area contributed by atoms with E-state index < -0.39 is 40.5 Å². The van der Waals surface area contributed by atoms with Gasteiger partial charge in [-0.05, 0) is 34.8 Å². The van der Waals surface area contributed by atoms with E-state index in [-0.39, 0.29) is 26.0 Å². The number of halogens is 4. The highest BCUT2D eigenvalue weighted by molar-refractivity contribution is 9.10. The first-order chi connectivity index (χ1) is 10.4. The molecule has 1 atom stereocenters. The summed E-state index contributed by atoms with van der Waals surface area (Å²) in [5.74, 6) is -6.97. The fourth-order valence-corrected chi connectivity index (χ4v) is 6.93. The molecule has 2 rings (SSSR count). The van der Waals surface area contributed by atoms with Crippen LogP contribution in [-0.2, 0) is 14.8 Å². The third-order valence-corrected chi connectivity index (χ3v) is 8.26. The van der Waals surface area contributed by atoms with Gasteiger partial charge in [-0.25, -0.2) is 13.2 Å². The molecule has 0 spiro atoms. The lowest BCUT2D eigenvalue weighted by Crippen LogP contribution is -2.62. The molecule has 1 aliphatic heterocycles. The van der Waals surface area contributed by atoms with Crippen molar-refractivity contribution in [1.82, 2.24) is 4.31 Å². The molecule has 130 valence electrons. The molecule has 0 bridgehead atoms. The lowest BCUT2D eigenvalue weighted by atomic mass is 9.87. The molecular formula is C11H11BrClF2NO5S2. The number of aliphatic hydroxyl groups is 1. The van der Waals surface area contributed by atoms with Gasteiger partial charge in [-0.3, -0.25) is 0 Å². The topological polar surface area (TPSA) is 94.9 Å². The van der Waals surface area contributed by atoms with Gasteiger partial charge in [-0.2, -0.15) is 13.1 Å². The Bertz CT molecular complexity index is 741. The largest absolute Gasteiger partial charge is 0.477 e. The molecular weight excluding hydrogens is 444 g/mol. The molecule has 0 radical (unpaired) electrons. The highest BCUT2D eigenvalue weighted by Crippen LogP contribution is 2.41. The van der Waals surface area contributed by atoms with Crippen molar-refractivity contribution in [2.75, 3.05) is 13.1 Å². The lowest BCUT2D eigenvalue weighted by Gasteiger charge is -2.40. The molecule has 12 heteroatoms. The quantitative estimate of drug-likeness (QED) is 0.728. The molecule has 23 heavy (non-hydrogen) atoms. The van der Waals surface area contributed by atoms with Crippen molar-refractivity contribution in [3.63, 3.8) is 0 Å². The summed E-state index contributed by atoms with van der Waals surface area (Å²) in [6, 6.07) is 1.35. The molecule has 0 aromatic carbocycles. The number of carboxylic acids is 1. The van der Waals surface area contributed by atoms with E-state index in [2.05, 4.69) is 15.9 Å². The van der Waals surface area contributed by atoms with Crippen molar-refractivity contribution in [1.29, 1.82) is 0 Å². The van der Waals surface area contributed by atoms with Crippen LogP contribution in [0.2, 0.25) is 4.34 Å². The Morgan fingerprint density at radius 1 is 1.52 bits per heavy atom. The summed E-state index contributed by atoms with van der Waals surface area (Å²) in [6.45, 7) is -1.13. The van der Waals surface area contributed by atoms with Gasteiger partial charge < -0.3 is 10.2 Å². The molecule has 0 saturated carbocycles. The van der Waals surface area contributed by atoms with Gasteiger partial charge in [0.1, 0.15) is 0 Å². The summed E-state index contributed by atoms with van der Waals surface area (Å²) in [5.41, 5.74) is -2.97. The van der Waals surface area contributed by atoms with Crippen molar-refractivity contribution in [2.45, 2.75) is 28.6 Å². The number of alkyl halides is 2. The minimum atomic E-state index is -4.47. The van der Waals surface area contributed by atoms with Crippen LogP contribution in [0, 0.1) is 0 Å². The Kier molecular flexibility index (Phi) is 5.11. The van der Waals surface area contributed by atoms with Gasteiger partial charge >= 0.3 is 11.9 Å². The van der Waals surface area contributed by atoms with E-state index in [4.69, 9.17) is 16.7 Å². The molecule has 1 aromatic rings. The van der Waals surface area contributed by atoms with Crippen LogP contribution in [0.15, 0.2) is 14.7 Å². The first kappa shape index (κ1) is 19.0. The smallest absolute Gasteiger partial charge is 0.377 e. The van der Waals surface area contributed by atoms with Crippen molar-refractivity contribution in [2.24, 2.45) is 0 Å². The Hall–Kier alpha value is -0.330. The van der Waals surface area contributed by atoms with Crippen molar-refractivity contribution < 1.29 is 32.2 Å². The van der Waals surface area contributed by atoms with E-state index in [0.717, 1.165) is 11.3 Å². The van der Waals surface area contributed by atoms with E-state index in [0.29, 0.717) is 4.31 Å². The minimum absolute atomic E-state index is 0.102. The van der Waals surface area contributed by atoms with Gasteiger partial charge in [0.25, 0.3) is 10.0 Å². The van der Waals surface area contributed by atoms with Crippen LogP contribution in [0.1, 0.15) is 12.8 Å². The number of carbonyl (C=O) groups is 1. The highest BCUT2D eigenvalue weighted by Gasteiger charge is 2.61. The molecule has 1 aliphatic rings. The number of hydrogen-bond donors (Lipinski definition) is 2. The first-order valence-corrected chi connectivity index (χ1v) is 9.63. The fourth-order valence-electron chi connectivity index (χ4n) is 2.28. The van der Waals surface area contributed by atoms with Crippen molar-refractivity contribution in [3.8, 4) is 0 Å². The van der Waals surface area contributed by atoms with E-state index in [1.165, 1.54) is 6.07 Å². The predicted octanol–water partition coefficient (Wildman–Crippen LogP) is 2.40. The van der Waals surface area contributed by atoms with Crippen LogP contribution >= 0.6 is 38.9 Å². The SMILES string of the molecule is O=C(O)C(F)(F)C1(O)CCCN(S(=O)(=O)c2sc(Cl)cc2Br)C1. The number of thiophene rings is 1. The molecule has 0 aliphatic carbocycles. The molecule has 2 N–H and O–H groups in total. The second-order valence-corrected chi connectivity index (χ2v) is 9.71. The maximum absolute atomic E-state index is 13.8. The number of piperidine rings is 1. The second-order valence-electron chi connectivity index (χ2n) is 5.04. The minimum Gasteiger partial charge on any atom is -0.477 e. The Morgan fingerprint density at radius 2 is 2.13 bits per heavy atom. The van der Waals surface area contributed by atoms with Crippen LogP contribution in [0.25, 0.3) is 0 Å². The van der Waals surface area contributed by atoms with Gasteiger partial charge in [-0.1, -0.05) is 11.6 Å². The number of β-amino-alcohol motifs (C(OH)–C–C–N with tert-alkyl or cyclic N) is 1. The van der Waals surface area contributed by atoms with E-state index >= 15 is 0 Å². The summed E-state index contributed by atoms with van der Waals surface area (Å²) in [4.78, 5) is 10.7. The monoisotopic (exact) mass is 453 g/mol. The Labute approximate surface area is 147 Å². The summed E-state index contributed by atoms with van der Waals surface area (Å²) in [6.07, 6.45) is -0.625. The van der Waals surface area contributed by atoms with E-state index in [9.17, 15) is 27.1 Å². The van der Waals surface area contributed by atoms with Gasteiger partial charge in [0.05, 0.1) is 8.81 Å². The van der Waals surface area contributed by atoms with Crippen molar-refractivity contribution >= 4 is 54.9 Å². The van der Waals surface area contributed by atoms with Gasteiger partial charge in [0, 0.05) is 13.1 Å². The zero-order valence-corrected chi connectivity index (χ0v) is 15.3. The molecule has 6 nitrogen and oxygen atoms in total. The van der Waals surface area contributed by atoms with Gasteiger partial charge in [0.2, 0.25) is 0 Å². The van der Waals surface area contributed by atoms with Crippen LogP contribution in [0.5, 0.6) is 0 Å². The first-order valence-electron chi connectivity index (χ1n) is 6.20. The molecule has 1 saturated heterocycles. The lowest BCUT2D eigenvalue weighted by molar-refractivity contribution is -0.216. The summed E-state index contributed by atoms with van der Waals surface area (Å²) < 4.78 is 53.4. The maximum Gasteiger partial charge on any atom is 0.377 e.